The van der Waals surface area contributed by atoms with Gasteiger partial charge >= 0.3 is 18.3 Å². The molecule has 0 bridgehead atoms. The summed E-state index contributed by atoms with van der Waals surface area (Å²) in [7, 11) is -4.07. The van der Waals surface area contributed by atoms with Gasteiger partial charge in [-0.1, -0.05) is 0 Å². The third-order valence-corrected chi connectivity index (χ3v) is 9.41. The first kappa shape index (κ1) is 29.2. The second-order valence-corrected chi connectivity index (χ2v) is 14.2. The van der Waals surface area contributed by atoms with Crippen molar-refractivity contribution < 1.29 is 36.8 Å². The summed E-state index contributed by atoms with van der Waals surface area (Å²) in [5.74, 6) is -0.421. The van der Waals surface area contributed by atoms with Gasteiger partial charge in [0.05, 0.1) is 11.9 Å². The number of alkyl halides is 3. The third-order valence-electron chi connectivity index (χ3n) is 5.86. The molecule has 0 spiro atoms. The van der Waals surface area contributed by atoms with E-state index in [1.165, 1.54) is 13.8 Å². The molecule has 2 aliphatic rings. The molecule has 2 aliphatic carbocycles. The first-order chi connectivity index (χ1) is 17.9. The molecular formula is C24H30F3N5O5S2. The Labute approximate surface area is 228 Å². The minimum absolute atomic E-state index is 0.0124. The molecule has 0 aliphatic heterocycles. The molecule has 4 rings (SSSR count). The Morgan fingerprint density at radius 1 is 1.18 bits per heavy atom. The highest BCUT2D eigenvalue weighted by Gasteiger charge is 2.44. The number of aliphatic hydroxyl groups is 1. The van der Waals surface area contributed by atoms with E-state index in [4.69, 9.17) is 4.74 Å². The lowest BCUT2D eigenvalue weighted by molar-refractivity contribution is -0.141. The molecule has 2 aromatic heterocycles. The van der Waals surface area contributed by atoms with Crippen LogP contribution in [0.4, 0.5) is 28.4 Å². The molecule has 2 heterocycles. The first-order valence-corrected chi connectivity index (χ1v) is 14.6. The van der Waals surface area contributed by atoms with Crippen LogP contribution in [0.2, 0.25) is 0 Å². The number of amides is 3. The molecule has 39 heavy (non-hydrogen) atoms. The number of carbonyl (C=O) groups excluding carboxylic acids is 2. The Hall–Kier alpha value is -2.78. The summed E-state index contributed by atoms with van der Waals surface area (Å²) in [6.07, 6.45) is -2.39. The van der Waals surface area contributed by atoms with Crippen molar-refractivity contribution in [3.8, 4) is 0 Å². The minimum Gasteiger partial charge on any atom is -0.443 e. The van der Waals surface area contributed by atoms with Crippen LogP contribution in [-0.4, -0.2) is 37.0 Å². The summed E-state index contributed by atoms with van der Waals surface area (Å²) in [5, 5.41) is 12.9. The van der Waals surface area contributed by atoms with Gasteiger partial charge in [-0.05, 0) is 78.2 Å². The number of hydrogen-bond acceptors (Lipinski definition) is 8. The highest BCUT2D eigenvalue weighted by atomic mass is 32.2. The largest absolute Gasteiger partial charge is 0.443 e. The monoisotopic (exact) mass is 589 g/mol. The molecule has 0 unspecified atom stereocenters. The van der Waals surface area contributed by atoms with E-state index in [1.807, 2.05) is 0 Å². The lowest BCUT2D eigenvalue weighted by Gasteiger charge is -2.21. The molecule has 1 fully saturated rings. The molecule has 0 saturated heterocycles. The molecule has 214 valence electrons. The lowest BCUT2D eigenvalue weighted by atomic mass is 10.00. The molecule has 3 amide bonds. The average molecular weight is 590 g/mol. The van der Waals surface area contributed by atoms with E-state index in [9.17, 15) is 32.1 Å². The number of nitrogens with zero attached hydrogens (tertiary/aromatic N) is 3. The fourth-order valence-electron chi connectivity index (χ4n) is 4.17. The van der Waals surface area contributed by atoms with Crippen LogP contribution >= 0.6 is 11.3 Å². The molecule has 3 N–H and O–H groups in total. The Balaban J connectivity index is 1.78. The van der Waals surface area contributed by atoms with Crippen LogP contribution in [0.15, 0.2) is 14.8 Å². The van der Waals surface area contributed by atoms with E-state index in [0.29, 0.717) is 37.7 Å². The van der Waals surface area contributed by atoms with Crippen molar-refractivity contribution in [1.29, 1.82) is 0 Å². The summed E-state index contributed by atoms with van der Waals surface area (Å²) in [6.45, 7) is 7.64. The van der Waals surface area contributed by atoms with Crippen molar-refractivity contribution >= 4 is 39.1 Å². The molecule has 1 saturated carbocycles. The quantitative estimate of drug-likeness (QED) is 0.409. The molecule has 15 heteroatoms. The summed E-state index contributed by atoms with van der Waals surface area (Å²) in [6, 6.07) is -1.22. The Morgan fingerprint density at radius 2 is 1.85 bits per heavy atom. The van der Waals surface area contributed by atoms with Gasteiger partial charge < -0.3 is 15.2 Å². The molecule has 0 aromatic carbocycles. The number of aromatic nitrogens is 2. The van der Waals surface area contributed by atoms with Crippen LogP contribution in [0, 0.1) is 0 Å². The third kappa shape index (κ3) is 6.69. The van der Waals surface area contributed by atoms with Gasteiger partial charge in [-0.25, -0.2) is 28.5 Å². The summed E-state index contributed by atoms with van der Waals surface area (Å²) in [4.78, 5) is 33.7. The lowest BCUT2D eigenvalue weighted by Crippen LogP contribution is -2.36. The van der Waals surface area contributed by atoms with E-state index >= 15 is 0 Å². The highest BCUT2D eigenvalue weighted by Crippen LogP contribution is 2.50. The number of urea groups is 1. The zero-order valence-electron chi connectivity index (χ0n) is 22.1. The number of aryl methyl sites for hydroxylation is 1. The van der Waals surface area contributed by atoms with Gasteiger partial charge in [0.1, 0.15) is 26.1 Å². The number of rotatable bonds is 5. The van der Waals surface area contributed by atoms with Gasteiger partial charge in [-0.2, -0.15) is 13.2 Å². The van der Waals surface area contributed by atoms with Crippen LogP contribution in [0.1, 0.15) is 87.3 Å². The minimum atomic E-state index is -4.73. The van der Waals surface area contributed by atoms with E-state index in [-0.39, 0.29) is 26.2 Å². The van der Waals surface area contributed by atoms with Crippen LogP contribution in [-0.2, 0) is 39.3 Å². The van der Waals surface area contributed by atoms with Gasteiger partial charge in [0, 0.05) is 11.3 Å². The van der Waals surface area contributed by atoms with E-state index < -0.39 is 51.0 Å². The van der Waals surface area contributed by atoms with Gasteiger partial charge in [0.15, 0.2) is 9.92 Å². The fraction of sp³-hybridized carbons (Fsp3) is 0.583. The number of pyridine rings is 1. The maximum absolute atomic E-state index is 14.0. The second kappa shape index (κ2) is 10.0. The predicted octanol–water partition coefficient (Wildman–Crippen LogP) is 5.65. The number of hydrogen-bond donors (Lipinski definition) is 3. The van der Waals surface area contributed by atoms with Crippen LogP contribution < -0.4 is 10.0 Å². The molecule has 0 radical (unpaired) electrons. The van der Waals surface area contributed by atoms with Gasteiger partial charge in [-0.15, -0.1) is 15.7 Å². The number of thiazole rings is 1. The summed E-state index contributed by atoms with van der Waals surface area (Å²) in [5.41, 5.74) is -2.77. The van der Waals surface area contributed by atoms with Crippen LogP contribution in [0.25, 0.3) is 0 Å². The number of carbonyl (C=O) groups is 2. The zero-order chi connectivity index (χ0) is 29.0. The maximum atomic E-state index is 14.0. The standard InChI is InChI=1S/C24H30F3N5O5S2/c1-22(2,3)37-21(34)32-39(36,15-11-28-19(38-15)23(4,5)35)31-20(33)30-17-13-7-6-8-14(13)29-18(24(25,26)27)16(17)12-9-10-12/h11-12,35H,6-10H2,1-5H3,(H2,29,30,31,32,33,34,36)/t39-/m0/s1. The van der Waals surface area contributed by atoms with Crippen LogP contribution in [0.5, 0.6) is 0 Å². The number of fused-ring (bicyclic) bond motifs is 1. The fourth-order valence-corrected chi connectivity index (χ4v) is 6.73. The predicted molar refractivity (Wildman–Crippen MR) is 138 cm³/mol. The van der Waals surface area contributed by atoms with Crippen molar-refractivity contribution in [2.45, 2.75) is 94.2 Å². The van der Waals surface area contributed by atoms with E-state index in [2.05, 4.69) is 24.4 Å². The molecular weight excluding hydrogens is 559 g/mol. The van der Waals surface area contributed by atoms with Gasteiger partial charge in [0.2, 0.25) is 0 Å². The molecule has 2 aromatic rings. The topological polar surface area (TPSA) is 143 Å². The normalized spacial score (nSPS) is 17.3. The molecule has 1 atom stereocenters. The number of nitrogens with one attached hydrogen (secondary N) is 2. The Morgan fingerprint density at radius 3 is 2.38 bits per heavy atom. The van der Waals surface area contributed by atoms with Crippen molar-refractivity contribution in [2.75, 3.05) is 5.32 Å². The van der Waals surface area contributed by atoms with Crippen molar-refractivity contribution in [1.82, 2.24) is 14.7 Å². The van der Waals surface area contributed by atoms with E-state index in [0.717, 1.165) is 17.5 Å². The Kier molecular flexibility index (Phi) is 7.49. The van der Waals surface area contributed by atoms with Crippen molar-refractivity contribution in [2.24, 2.45) is 4.36 Å². The first-order valence-electron chi connectivity index (χ1n) is 12.3. The SMILES string of the molecule is CC(C)(C)OC(=O)N[S@@](=O)(=NC(=O)Nc1c2c(nc(C(F)(F)F)c1C1CC1)CCC2)c1cnc(C(C)(C)O)s1. The molecule has 10 nitrogen and oxygen atoms in total. The number of ether oxygens (including phenoxy) is 1. The smallest absolute Gasteiger partial charge is 0.433 e. The van der Waals surface area contributed by atoms with Crippen molar-refractivity contribution in [3.05, 3.63) is 33.7 Å². The van der Waals surface area contributed by atoms with Crippen LogP contribution in [0.3, 0.4) is 0 Å². The zero-order valence-corrected chi connectivity index (χ0v) is 23.7. The van der Waals surface area contributed by atoms with E-state index in [1.54, 1.807) is 20.8 Å². The average Bonchev–Trinajstić information content (AvgIpc) is 3.25. The maximum Gasteiger partial charge on any atom is 0.433 e. The number of halogens is 3. The van der Waals surface area contributed by atoms with Crippen molar-refractivity contribution in [3.63, 3.8) is 0 Å². The second-order valence-electron chi connectivity index (χ2n) is 11.0. The summed E-state index contributed by atoms with van der Waals surface area (Å²) >= 11 is 0.760. The number of anilines is 1. The van der Waals surface area contributed by atoms with Gasteiger partial charge in [0.25, 0.3) is 0 Å². The van der Waals surface area contributed by atoms with Gasteiger partial charge in [-0.3, -0.25) is 0 Å². The highest BCUT2D eigenvalue weighted by molar-refractivity contribution is 7.94. The Bertz CT molecular complexity index is 1430. The summed E-state index contributed by atoms with van der Waals surface area (Å²) < 4.78 is 66.7.